The SMILES string of the molecule is OCC#Cc1cc(F)cc(Cn2cc(Cl)cn2)c1. The molecule has 2 rings (SSSR count). The summed E-state index contributed by atoms with van der Waals surface area (Å²) >= 11 is 5.75. The van der Waals surface area contributed by atoms with E-state index in [0.29, 0.717) is 17.1 Å². The Labute approximate surface area is 109 Å². The van der Waals surface area contributed by atoms with Crippen molar-refractivity contribution in [2.75, 3.05) is 6.61 Å². The van der Waals surface area contributed by atoms with E-state index in [1.165, 1.54) is 18.3 Å². The largest absolute Gasteiger partial charge is 0.384 e. The van der Waals surface area contributed by atoms with Crippen LogP contribution in [0.15, 0.2) is 30.6 Å². The summed E-state index contributed by atoms with van der Waals surface area (Å²) in [4.78, 5) is 0. The van der Waals surface area contributed by atoms with Gasteiger partial charge in [0, 0.05) is 11.8 Å². The number of hydrogen-bond donors (Lipinski definition) is 1. The molecule has 5 heteroatoms. The Balaban J connectivity index is 2.25. The van der Waals surface area contributed by atoms with Crippen molar-refractivity contribution < 1.29 is 9.50 Å². The highest BCUT2D eigenvalue weighted by Gasteiger charge is 2.02. The summed E-state index contributed by atoms with van der Waals surface area (Å²) in [5, 5.41) is 13.2. The van der Waals surface area contributed by atoms with Crippen molar-refractivity contribution in [2.24, 2.45) is 0 Å². The van der Waals surface area contributed by atoms with E-state index in [0.717, 1.165) is 5.56 Å². The Morgan fingerprint density at radius 1 is 1.39 bits per heavy atom. The second kappa shape index (κ2) is 5.67. The van der Waals surface area contributed by atoms with E-state index in [1.807, 2.05) is 0 Å². The summed E-state index contributed by atoms with van der Waals surface area (Å²) in [5.74, 6) is 4.79. The number of aliphatic hydroxyl groups excluding tert-OH is 1. The fraction of sp³-hybridized carbons (Fsp3) is 0.154. The van der Waals surface area contributed by atoms with Crippen LogP contribution in [0.3, 0.4) is 0 Å². The summed E-state index contributed by atoms with van der Waals surface area (Å²) < 4.78 is 15.0. The average Bonchev–Trinajstić information content (AvgIpc) is 2.71. The zero-order valence-electron chi connectivity index (χ0n) is 9.40. The molecule has 0 saturated heterocycles. The van der Waals surface area contributed by atoms with Crippen LogP contribution in [0.5, 0.6) is 0 Å². The third-order valence-electron chi connectivity index (χ3n) is 2.22. The van der Waals surface area contributed by atoms with Crippen LogP contribution in [-0.2, 0) is 6.54 Å². The van der Waals surface area contributed by atoms with E-state index in [1.54, 1.807) is 16.9 Å². The topological polar surface area (TPSA) is 38.0 Å². The molecule has 0 aliphatic heterocycles. The number of halogens is 2. The van der Waals surface area contributed by atoms with E-state index in [-0.39, 0.29) is 12.4 Å². The molecule has 0 radical (unpaired) electrons. The van der Waals surface area contributed by atoms with Crippen LogP contribution in [0.1, 0.15) is 11.1 Å². The van der Waals surface area contributed by atoms with Crippen LogP contribution in [0.2, 0.25) is 5.02 Å². The molecule has 0 bridgehead atoms. The first-order valence-corrected chi connectivity index (χ1v) is 5.62. The third kappa shape index (κ3) is 3.33. The van der Waals surface area contributed by atoms with Crippen LogP contribution in [-0.4, -0.2) is 21.5 Å². The van der Waals surface area contributed by atoms with Gasteiger partial charge in [-0.25, -0.2) is 4.39 Å². The Morgan fingerprint density at radius 3 is 2.89 bits per heavy atom. The lowest BCUT2D eigenvalue weighted by Gasteiger charge is -2.03. The first-order valence-electron chi connectivity index (χ1n) is 5.24. The van der Waals surface area contributed by atoms with Crippen LogP contribution < -0.4 is 0 Å². The standard InChI is InChI=1S/C13H10ClFN2O/c14-12-7-16-17(9-12)8-11-4-10(2-1-3-18)5-13(15)6-11/h4-7,9,18H,3,8H2. The predicted molar refractivity (Wildman–Crippen MR) is 66.7 cm³/mol. The molecular formula is C13H10ClFN2O. The van der Waals surface area contributed by atoms with Crippen molar-refractivity contribution in [2.45, 2.75) is 6.54 Å². The van der Waals surface area contributed by atoms with Crippen molar-refractivity contribution in [3.8, 4) is 11.8 Å². The molecule has 0 saturated carbocycles. The number of aromatic nitrogens is 2. The molecule has 1 aromatic heterocycles. The Morgan fingerprint density at radius 2 is 2.22 bits per heavy atom. The molecule has 92 valence electrons. The van der Waals surface area contributed by atoms with Crippen LogP contribution in [0, 0.1) is 17.7 Å². The molecule has 0 aliphatic carbocycles. The second-order valence-electron chi connectivity index (χ2n) is 3.66. The normalized spacial score (nSPS) is 9.94. The Bertz CT molecular complexity index is 613. The molecular weight excluding hydrogens is 255 g/mol. The van der Waals surface area contributed by atoms with Gasteiger partial charge in [0.15, 0.2) is 0 Å². The van der Waals surface area contributed by atoms with Gasteiger partial charge < -0.3 is 5.11 Å². The van der Waals surface area contributed by atoms with Crippen LogP contribution in [0.25, 0.3) is 0 Å². The average molecular weight is 265 g/mol. The second-order valence-corrected chi connectivity index (χ2v) is 4.10. The maximum absolute atomic E-state index is 13.4. The number of nitrogens with zero attached hydrogens (tertiary/aromatic N) is 2. The lowest BCUT2D eigenvalue weighted by molar-refractivity contribution is 0.350. The van der Waals surface area contributed by atoms with Gasteiger partial charge in [-0.05, 0) is 23.8 Å². The summed E-state index contributed by atoms with van der Waals surface area (Å²) in [6.07, 6.45) is 3.18. The fourth-order valence-electron chi connectivity index (χ4n) is 1.57. The highest BCUT2D eigenvalue weighted by Crippen LogP contribution is 2.11. The van der Waals surface area contributed by atoms with E-state index < -0.39 is 0 Å². The van der Waals surface area contributed by atoms with Gasteiger partial charge in [0.05, 0.1) is 17.8 Å². The minimum atomic E-state index is -0.368. The molecule has 0 atom stereocenters. The molecule has 1 aromatic carbocycles. The summed E-state index contributed by atoms with van der Waals surface area (Å²) in [5.41, 5.74) is 1.26. The van der Waals surface area contributed by atoms with E-state index in [2.05, 4.69) is 16.9 Å². The van der Waals surface area contributed by atoms with Gasteiger partial charge >= 0.3 is 0 Å². The third-order valence-corrected chi connectivity index (χ3v) is 2.41. The lowest BCUT2D eigenvalue weighted by atomic mass is 10.1. The molecule has 0 spiro atoms. The van der Waals surface area contributed by atoms with Gasteiger partial charge in [0.1, 0.15) is 12.4 Å². The highest BCUT2D eigenvalue weighted by atomic mass is 35.5. The maximum Gasteiger partial charge on any atom is 0.124 e. The quantitative estimate of drug-likeness (QED) is 0.844. The van der Waals surface area contributed by atoms with Crippen molar-refractivity contribution in [3.63, 3.8) is 0 Å². The minimum Gasteiger partial charge on any atom is -0.384 e. The van der Waals surface area contributed by atoms with E-state index in [4.69, 9.17) is 16.7 Å². The van der Waals surface area contributed by atoms with Crippen molar-refractivity contribution in [3.05, 3.63) is 52.6 Å². The Hall–Kier alpha value is -1.83. The van der Waals surface area contributed by atoms with Gasteiger partial charge in [-0.3, -0.25) is 4.68 Å². The molecule has 3 nitrogen and oxygen atoms in total. The number of benzene rings is 1. The lowest BCUT2D eigenvalue weighted by Crippen LogP contribution is -2.00. The van der Waals surface area contributed by atoms with Gasteiger partial charge in [0.2, 0.25) is 0 Å². The predicted octanol–water partition coefficient (Wildman–Crippen LogP) is 2.07. The molecule has 0 amide bonds. The summed E-state index contributed by atoms with van der Waals surface area (Å²) in [6.45, 7) is 0.166. The molecule has 0 unspecified atom stereocenters. The number of aliphatic hydroxyl groups is 1. The van der Waals surface area contributed by atoms with Gasteiger partial charge in [-0.15, -0.1) is 0 Å². The number of hydrogen-bond acceptors (Lipinski definition) is 2. The zero-order valence-corrected chi connectivity index (χ0v) is 10.2. The smallest absolute Gasteiger partial charge is 0.124 e. The summed E-state index contributed by atoms with van der Waals surface area (Å²) in [7, 11) is 0. The summed E-state index contributed by atoms with van der Waals surface area (Å²) in [6, 6.07) is 4.49. The van der Waals surface area contributed by atoms with Gasteiger partial charge in [-0.1, -0.05) is 23.4 Å². The number of rotatable bonds is 2. The fourth-order valence-corrected chi connectivity index (χ4v) is 1.72. The molecule has 1 heterocycles. The van der Waals surface area contributed by atoms with Crippen molar-refractivity contribution in [1.82, 2.24) is 9.78 Å². The van der Waals surface area contributed by atoms with Crippen molar-refractivity contribution in [1.29, 1.82) is 0 Å². The first-order chi connectivity index (χ1) is 8.67. The molecule has 18 heavy (non-hydrogen) atoms. The zero-order chi connectivity index (χ0) is 13.0. The monoisotopic (exact) mass is 264 g/mol. The van der Waals surface area contributed by atoms with E-state index in [9.17, 15) is 4.39 Å². The molecule has 0 fully saturated rings. The molecule has 2 aromatic rings. The molecule has 0 aliphatic rings. The Kier molecular flexibility index (Phi) is 3.98. The molecule has 1 N–H and O–H groups in total. The van der Waals surface area contributed by atoms with Gasteiger partial charge in [0.25, 0.3) is 0 Å². The van der Waals surface area contributed by atoms with Crippen LogP contribution in [0.4, 0.5) is 4.39 Å². The highest BCUT2D eigenvalue weighted by molar-refractivity contribution is 6.30. The first kappa shape index (κ1) is 12.6. The maximum atomic E-state index is 13.4. The minimum absolute atomic E-state index is 0.249. The van der Waals surface area contributed by atoms with Crippen LogP contribution >= 0.6 is 11.6 Å². The van der Waals surface area contributed by atoms with E-state index >= 15 is 0 Å². The van der Waals surface area contributed by atoms with Crippen molar-refractivity contribution >= 4 is 11.6 Å². The van der Waals surface area contributed by atoms with Gasteiger partial charge in [-0.2, -0.15) is 5.10 Å².